The Balaban J connectivity index is 1.61. The van der Waals surface area contributed by atoms with E-state index in [2.05, 4.69) is 42.3 Å². The van der Waals surface area contributed by atoms with E-state index < -0.39 is 11.7 Å². The standard InChI is InChI=1S/C28H29F3N8O2S/c1-6-24(40)33-20-15-21(23(41-5)16-22(20)39(4)14-13-38(2)3)35-27-32-12-11-19(34-27)26-37-36-25(42-26)17-7-9-18(10-8-17)28(29,30)31/h6-12,15-16H,1,13-14H2,2-5H3,(H,33,40)(H,32,34,35). The first-order chi connectivity index (χ1) is 20.0. The molecule has 2 N–H and O–H groups in total. The number of methoxy groups -OCH3 is 1. The summed E-state index contributed by atoms with van der Waals surface area (Å²) in [6, 6.07) is 9.92. The Morgan fingerprint density at radius 2 is 1.76 bits per heavy atom. The molecule has 220 valence electrons. The molecular weight excluding hydrogens is 569 g/mol. The van der Waals surface area contributed by atoms with Crippen LogP contribution in [0, 0.1) is 0 Å². The van der Waals surface area contributed by atoms with Crippen LogP contribution in [-0.4, -0.2) is 72.3 Å². The first-order valence-electron chi connectivity index (χ1n) is 12.6. The fourth-order valence-corrected chi connectivity index (χ4v) is 4.63. The van der Waals surface area contributed by atoms with Crippen molar-refractivity contribution >= 4 is 40.3 Å². The summed E-state index contributed by atoms with van der Waals surface area (Å²) in [5.41, 5.74) is 2.01. The Morgan fingerprint density at radius 1 is 1.05 bits per heavy atom. The normalized spacial score (nSPS) is 11.3. The van der Waals surface area contributed by atoms with Crippen LogP contribution >= 0.6 is 11.3 Å². The van der Waals surface area contributed by atoms with E-state index in [1.807, 2.05) is 32.1 Å². The van der Waals surface area contributed by atoms with E-state index in [0.29, 0.717) is 44.9 Å². The van der Waals surface area contributed by atoms with Gasteiger partial charge in [-0.1, -0.05) is 30.0 Å². The van der Waals surface area contributed by atoms with Gasteiger partial charge < -0.3 is 25.2 Å². The summed E-state index contributed by atoms with van der Waals surface area (Å²) < 4.78 is 44.4. The summed E-state index contributed by atoms with van der Waals surface area (Å²) in [4.78, 5) is 25.1. The summed E-state index contributed by atoms with van der Waals surface area (Å²) in [5, 5.41) is 15.2. The number of hydrogen-bond acceptors (Lipinski definition) is 10. The number of nitrogens with one attached hydrogen (secondary N) is 2. The number of aromatic nitrogens is 4. The molecule has 2 aromatic heterocycles. The number of carbonyl (C=O) groups excluding carboxylic acids is 1. The van der Waals surface area contributed by atoms with Crippen LogP contribution in [-0.2, 0) is 11.0 Å². The topological polar surface area (TPSA) is 108 Å². The van der Waals surface area contributed by atoms with Gasteiger partial charge in [0.25, 0.3) is 0 Å². The second kappa shape index (κ2) is 13.0. The molecule has 0 atom stereocenters. The molecule has 10 nitrogen and oxygen atoms in total. The largest absolute Gasteiger partial charge is 0.494 e. The number of carbonyl (C=O) groups is 1. The number of benzene rings is 2. The van der Waals surface area contributed by atoms with Crippen LogP contribution in [0.15, 0.2) is 61.3 Å². The van der Waals surface area contributed by atoms with Crippen LogP contribution in [0.3, 0.4) is 0 Å². The Bertz CT molecular complexity index is 1560. The van der Waals surface area contributed by atoms with E-state index in [1.165, 1.54) is 36.7 Å². The van der Waals surface area contributed by atoms with Crippen molar-refractivity contribution in [2.45, 2.75) is 6.18 Å². The maximum absolute atomic E-state index is 12.9. The number of hydrogen-bond donors (Lipinski definition) is 2. The number of halogens is 3. The van der Waals surface area contributed by atoms with Crippen molar-refractivity contribution in [3.8, 4) is 27.0 Å². The van der Waals surface area contributed by atoms with E-state index in [9.17, 15) is 18.0 Å². The van der Waals surface area contributed by atoms with Gasteiger partial charge >= 0.3 is 6.18 Å². The third-order valence-electron chi connectivity index (χ3n) is 6.06. The number of nitrogens with zero attached hydrogens (tertiary/aromatic N) is 6. The Kier molecular flexibility index (Phi) is 9.38. The van der Waals surface area contributed by atoms with E-state index >= 15 is 0 Å². The SMILES string of the molecule is C=CC(=O)Nc1cc(Nc2nccc(-c3nnc(-c4ccc(C(F)(F)F)cc4)s3)n2)c(OC)cc1N(C)CCN(C)C. The summed E-state index contributed by atoms with van der Waals surface area (Å²) in [7, 11) is 7.41. The lowest BCUT2D eigenvalue weighted by atomic mass is 10.1. The van der Waals surface area contributed by atoms with Crippen molar-refractivity contribution in [3.63, 3.8) is 0 Å². The molecular formula is C28H29F3N8O2S. The number of amides is 1. The number of likely N-dealkylation sites (N-methyl/N-ethyl adjacent to an activating group) is 2. The molecule has 0 radical (unpaired) electrons. The quantitative estimate of drug-likeness (QED) is 0.215. The van der Waals surface area contributed by atoms with Gasteiger partial charge in [-0.05, 0) is 44.4 Å². The van der Waals surface area contributed by atoms with E-state index in [4.69, 9.17) is 4.74 Å². The average molecular weight is 599 g/mol. The molecule has 2 aromatic carbocycles. The third kappa shape index (κ3) is 7.39. The Hall–Kier alpha value is -4.56. The van der Waals surface area contributed by atoms with Crippen LogP contribution in [0.25, 0.3) is 21.3 Å². The molecule has 42 heavy (non-hydrogen) atoms. The summed E-state index contributed by atoms with van der Waals surface area (Å²) >= 11 is 1.19. The number of anilines is 4. The molecule has 14 heteroatoms. The Labute approximate surface area is 244 Å². The molecule has 0 bridgehead atoms. The minimum atomic E-state index is -4.42. The zero-order valence-electron chi connectivity index (χ0n) is 23.4. The van der Waals surface area contributed by atoms with E-state index in [0.717, 1.165) is 24.4 Å². The van der Waals surface area contributed by atoms with Gasteiger partial charge in [0.15, 0.2) is 5.01 Å². The predicted octanol–water partition coefficient (Wildman–Crippen LogP) is 5.56. The van der Waals surface area contributed by atoms with Crippen LogP contribution < -0.4 is 20.3 Å². The first-order valence-corrected chi connectivity index (χ1v) is 13.4. The van der Waals surface area contributed by atoms with Gasteiger partial charge in [0.1, 0.15) is 16.5 Å². The molecule has 0 spiro atoms. The maximum atomic E-state index is 12.9. The Morgan fingerprint density at radius 3 is 2.40 bits per heavy atom. The van der Waals surface area contributed by atoms with Crippen LogP contribution in [0.1, 0.15) is 5.56 Å². The molecule has 0 saturated carbocycles. The van der Waals surface area contributed by atoms with Crippen molar-refractivity contribution < 1.29 is 22.7 Å². The van der Waals surface area contributed by atoms with Gasteiger partial charge in [-0.25, -0.2) is 9.97 Å². The second-order valence-electron chi connectivity index (χ2n) is 9.37. The highest BCUT2D eigenvalue weighted by molar-refractivity contribution is 7.17. The van der Waals surface area contributed by atoms with E-state index in [-0.39, 0.29) is 11.9 Å². The minimum Gasteiger partial charge on any atom is -0.494 e. The molecule has 0 unspecified atom stereocenters. The fraction of sp³-hybridized carbons (Fsp3) is 0.250. The molecule has 0 fully saturated rings. The molecule has 0 aliphatic carbocycles. The van der Waals surface area contributed by atoms with Crippen molar-refractivity contribution in [2.75, 3.05) is 56.9 Å². The van der Waals surface area contributed by atoms with E-state index in [1.54, 1.807) is 18.3 Å². The lowest BCUT2D eigenvalue weighted by Crippen LogP contribution is -2.29. The van der Waals surface area contributed by atoms with Gasteiger partial charge in [0.2, 0.25) is 11.9 Å². The zero-order chi connectivity index (χ0) is 30.4. The third-order valence-corrected chi connectivity index (χ3v) is 7.06. The van der Waals surface area contributed by atoms with Gasteiger partial charge in [-0.3, -0.25) is 4.79 Å². The van der Waals surface area contributed by atoms with Crippen molar-refractivity contribution in [2.24, 2.45) is 0 Å². The number of ether oxygens (including phenoxy) is 1. The highest BCUT2D eigenvalue weighted by Gasteiger charge is 2.30. The lowest BCUT2D eigenvalue weighted by Gasteiger charge is -2.26. The first kappa shape index (κ1) is 30.4. The highest BCUT2D eigenvalue weighted by Crippen LogP contribution is 2.38. The summed E-state index contributed by atoms with van der Waals surface area (Å²) in [6.07, 6.45) is -1.69. The molecule has 2 heterocycles. The molecule has 0 aliphatic heterocycles. The molecule has 4 aromatic rings. The molecule has 1 amide bonds. The van der Waals surface area contributed by atoms with Gasteiger partial charge in [-0.2, -0.15) is 13.2 Å². The predicted molar refractivity (Wildman–Crippen MR) is 158 cm³/mol. The summed E-state index contributed by atoms with van der Waals surface area (Å²) in [5.74, 6) is 0.353. The van der Waals surface area contributed by atoms with Crippen LogP contribution in [0.5, 0.6) is 5.75 Å². The van der Waals surface area contributed by atoms with Crippen molar-refractivity contribution in [1.29, 1.82) is 0 Å². The monoisotopic (exact) mass is 598 g/mol. The maximum Gasteiger partial charge on any atom is 0.416 e. The molecule has 4 rings (SSSR count). The fourth-order valence-electron chi connectivity index (χ4n) is 3.81. The minimum absolute atomic E-state index is 0.229. The summed E-state index contributed by atoms with van der Waals surface area (Å²) in [6.45, 7) is 5.03. The molecule has 0 aliphatic rings. The molecule has 0 saturated heterocycles. The van der Waals surface area contributed by atoms with Crippen LogP contribution in [0.2, 0.25) is 0 Å². The van der Waals surface area contributed by atoms with Crippen molar-refractivity contribution in [1.82, 2.24) is 25.1 Å². The van der Waals surface area contributed by atoms with Gasteiger partial charge in [0.05, 0.1) is 29.7 Å². The smallest absolute Gasteiger partial charge is 0.416 e. The number of alkyl halides is 3. The van der Waals surface area contributed by atoms with Gasteiger partial charge in [0, 0.05) is 38.0 Å². The second-order valence-corrected chi connectivity index (χ2v) is 10.3. The lowest BCUT2D eigenvalue weighted by molar-refractivity contribution is -0.137. The van der Waals surface area contributed by atoms with Crippen LogP contribution in [0.4, 0.5) is 36.2 Å². The highest BCUT2D eigenvalue weighted by atomic mass is 32.1. The zero-order valence-corrected chi connectivity index (χ0v) is 24.2. The van der Waals surface area contributed by atoms with Crippen molar-refractivity contribution in [3.05, 3.63) is 66.9 Å². The number of rotatable bonds is 11. The average Bonchev–Trinajstić information content (AvgIpc) is 3.46. The van der Waals surface area contributed by atoms with Gasteiger partial charge in [-0.15, -0.1) is 10.2 Å².